The number of anilines is 1. The monoisotopic (exact) mass is 422 g/mol. The first kappa shape index (κ1) is 20.3. The number of carbonyl (C=O) groups is 2. The number of piperidine rings is 1. The topological polar surface area (TPSA) is 122 Å². The van der Waals surface area contributed by atoms with Crippen LogP contribution in [0.5, 0.6) is 0 Å². The Morgan fingerprint density at radius 1 is 1.14 bits per heavy atom. The highest BCUT2D eigenvalue weighted by molar-refractivity contribution is 7.94. The summed E-state index contributed by atoms with van der Waals surface area (Å²) in [6.45, 7) is 1.65. The van der Waals surface area contributed by atoms with E-state index in [9.17, 15) is 18.0 Å². The minimum absolute atomic E-state index is 0.0358. The molecule has 28 heavy (non-hydrogen) atoms. The van der Waals surface area contributed by atoms with Crippen LogP contribution in [-0.4, -0.2) is 50.8 Å². The van der Waals surface area contributed by atoms with Gasteiger partial charge in [-0.2, -0.15) is 0 Å². The van der Waals surface area contributed by atoms with Crippen molar-refractivity contribution >= 4 is 38.9 Å². The fraction of sp³-hybridized carbons (Fsp3) is 0.333. The van der Waals surface area contributed by atoms with Crippen molar-refractivity contribution in [3.05, 3.63) is 47.3 Å². The molecule has 1 aliphatic rings. The summed E-state index contributed by atoms with van der Waals surface area (Å²) in [6, 6.07) is 9.54. The van der Waals surface area contributed by atoms with Crippen LogP contribution in [0.25, 0.3) is 0 Å². The van der Waals surface area contributed by atoms with Crippen molar-refractivity contribution in [1.29, 1.82) is 0 Å². The average Bonchev–Trinajstić information content (AvgIpc) is 3.19. The smallest absolute Gasteiger partial charge is 0.271 e. The van der Waals surface area contributed by atoms with Gasteiger partial charge in [-0.1, -0.05) is 6.07 Å². The van der Waals surface area contributed by atoms with Crippen molar-refractivity contribution in [2.45, 2.75) is 23.1 Å². The van der Waals surface area contributed by atoms with E-state index >= 15 is 0 Å². The molecular formula is C18H22N4O4S2. The van der Waals surface area contributed by atoms with Crippen LogP contribution >= 0.6 is 11.3 Å². The molecule has 0 atom stereocenters. The Kier molecular flexibility index (Phi) is 6.32. The number of nitrogens with zero attached hydrogens (tertiary/aromatic N) is 1. The molecule has 2 amide bonds. The highest BCUT2D eigenvalue weighted by Crippen LogP contribution is 2.20. The van der Waals surface area contributed by atoms with E-state index < -0.39 is 10.0 Å². The molecule has 2 aromatic rings. The Labute approximate surface area is 167 Å². The lowest BCUT2D eigenvalue weighted by molar-refractivity contribution is -0.119. The van der Waals surface area contributed by atoms with E-state index in [4.69, 9.17) is 5.73 Å². The number of carbonyl (C=O) groups excluding carboxylic acids is 2. The van der Waals surface area contributed by atoms with Gasteiger partial charge in [0.15, 0.2) is 0 Å². The molecule has 150 valence electrons. The second-order valence-corrected chi connectivity index (χ2v) is 9.46. The van der Waals surface area contributed by atoms with Gasteiger partial charge in [-0.15, -0.1) is 11.3 Å². The van der Waals surface area contributed by atoms with Crippen LogP contribution in [0, 0.1) is 0 Å². The second kappa shape index (κ2) is 8.72. The number of sulfonamides is 1. The fourth-order valence-electron chi connectivity index (χ4n) is 3.04. The highest BCUT2D eigenvalue weighted by Gasteiger charge is 2.22. The molecule has 1 aromatic heterocycles. The third kappa shape index (κ3) is 5.31. The van der Waals surface area contributed by atoms with E-state index in [2.05, 4.69) is 10.0 Å². The van der Waals surface area contributed by atoms with E-state index in [1.165, 1.54) is 6.07 Å². The Balaban J connectivity index is 1.54. The molecule has 1 saturated heterocycles. The standard InChI is InChI=1S/C18H22N4O4S2/c19-16(23)12-22-9-7-14(8-10-22)20-18(24)13-3-5-15(6-4-13)21-28(25,26)17-2-1-11-27-17/h1-6,11,14,21H,7-10,12H2,(H2,19,23)(H,20,24). The van der Waals surface area contributed by atoms with Crippen LogP contribution in [0.4, 0.5) is 5.69 Å². The van der Waals surface area contributed by atoms with Crippen molar-refractivity contribution in [1.82, 2.24) is 10.2 Å². The molecule has 8 nitrogen and oxygen atoms in total. The first-order chi connectivity index (χ1) is 13.3. The second-order valence-electron chi connectivity index (χ2n) is 6.61. The van der Waals surface area contributed by atoms with Crippen LogP contribution in [0.1, 0.15) is 23.2 Å². The average molecular weight is 423 g/mol. The lowest BCUT2D eigenvalue weighted by Crippen LogP contribution is -2.46. The first-order valence-electron chi connectivity index (χ1n) is 8.81. The molecule has 0 spiro atoms. The van der Waals surface area contributed by atoms with Gasteiger partial charge in [0.05, 0.1) is 6.54 Å². The van der Waals surface area contributed by atoms with Gasteiger partial charge in [0, 0.05) is 30.4 Å². The molecule has 1 fully saturated rings. The van der Waals surface area contributed by atoms with Crippen LogP contribution in [-0.2, 0) is 14.8 Å². The van der Waals surface area contributed by atoms with E-state index in [-0.39, 0.29) is 28.6 Å². The van der Waals surface area contributed by atoms with E-state index in [0.29, 0.717) is 24.3 Å². The van der Waals surface area contributed by atoms with Crippen molar-refractivity contribution in [2.75, 3.05) is 24.4 Å². The highest BCUT2D eigenvalue weighted by atomic mass is 32.2. The molecule has 0 bridgehead atoms. The maximum Gasteiger partial charge on any atom is 0.271 e. The minimum Gasteiger partial charge on any atom is -0.369 e. The predicted molar refractivity (Wildman–Crippen MR) is 108 cm³/mol. The zero-order valence-electron chi connectivity index (χ0n) is 15.1. The summed E-state index contributed by atoms with van der Waals surface area (Å²) in [5.74, 6) is -0.557. The maximum absolute atomic E-state index is 12.4. The molecule has 1 aliphatic heterocycles. The summed E-state index contributed by atoms with van der Waals surface area (Å²) in [6.07, 6.45) is 1.50. The van der Waals surface area contributed by atoms with Crippen molar-refractivity contribution in [3.8, 4) is 0 Å². The van der Waals surface area contributed by atoms with Gasteiger partial charge >= 0.3 is 0 Å². The molecule has 2 heterocycles. The number of rotatable bonds is 7. The summed E-state index contributed by atoms with van der Waals surface area (Å²) in [7, 11) is -3.61. The number of likely N-dealkylation sites (tertiary alicyclic amines) is 1. The SMILES string of the molecule is NC(=O)CN1CCC(NC(=O)c2ccc(NS(=O)(=O)c3cccs3)cc2)CC1. The molecule has 3 rings (SSSR count). The molecular weight excluding hydrogens is 400 g/mol. The molecule has 0 radical (unpaired) electrons. The molecule has 4 N–H and O–H groups in total. The summed E-state index contributed by atoms with van der Waals surface area (Å²) in [4.78, 5) is 25.4. The van der Waals surface area contributed by atoms with Gasteiger partial charge in [-0.3, -0.25) is 19.2 Å². The van der Waals surface area contributed by atoms with Crippen LogP contribution in [0.3, 0.4) is 0 Å². The van der Waals surface area contributed by atoms with Crippen molar-refractivity contribution < 1.29 is 18.0 Å². The van der Waals surface area contributed by atoms with E-state index in [0.717, 1.165) is 24.2 Å². The van der Waals surface area contributed by atoms with Gasteiger partial charge in [-0.05, 0) is 48.6 Å². The number of nitrogens with one attached hydrogen (secondary N) is 2. The van der Waals surface area contributed by atoms with Gasteiger partial charge in [0.25, 0.3) is 15.9 Å². The van der Waals surface area contributed by atoms with Crippen molar-refractivity contribution in [2.24, 2.45) is 5.73 Å². The van der Waals surface area contributed by atoms with Gasteiger partial charge in [0.2, 0.25) is 5.91 Å². The number of amides is 2. The fourth-order valence-corrected chi connectivity index (χ4v) is 5.09. The van der Waals surface area contributed by atoms with Crippen molar-refractivity contribution in [3.63, 3.8) is 0 Å². The summed E-state index contributed by atoms with van der Waals surface area (Å²) in [5.41, 5.74) is 6.05. The number of hydrogen-bond donors (Lipinski definition) is 3. The van der Waals surface area contributed by atoms with Crippen LogP contribution < -0.4 is 15.8 Å². The molecule has 1 aromatic carbocycles. The minimum atomic E-state index is -3.61. The number of hydrogen-bond acceptors (Lipinski definition) is 6. The van der Waals surface area contributed by atoms with Crippen LogP contribution in [0.15, 0.2) is 46.0 Å². The van der Waals surface area contributed by atoms with E-state index in [1.54, 1.807) is 35.7 Å². The zero-order valence-corrected chi connectivity index (χ0v) is 16.8. The summed E-state index contributed by atoms with van der Waals surface area (Å²) < 4.78 is 27.2. The predicted octanol–water partition coefficient (Wildman–Crippen LogP) is 1.23. The third-order valence-electron chi connectivity index (χ3n) is 4.46. The quantitative estimate of drug-likeness (QED) is 0.620. The van der Waals surface area contributed by atoms with E-state index in [1.807, 2.05) is 4.90 Å². The Morgan fingerprint density at radius 3 is 2.39 bits per heavy atom. The summed E-state index contributed by atoms with van der Waals surface area (Å²) >= 11 is 1.14. The van der Waals surface area contributed by atoms with Gasteiger partial charge < -0.3 is 11.1 Å². The van der Waals surface area contributed by atoms with Gasteiger partial charge in [0.1, 0.15) is 4.21 Å². The normalized spacial score (nSPS) is 15.9. The van der Waals surface area contributed by atoms with Crippen LogP contribution in [0.2, 0.25) is 0 Å². The molecule has 0 unspecified atom stereocenters. The number of primary amides is 1. The first-order valence-corrected chi connectivity index (χ1v) is 11.2. The molecule has 0 saturated carbocycles. The Bertz CT molecular complexity index is 919. The lowest BCUT2D eigenvalue weighted by atomic mass is 10.0. The van der Waals surface area contributed by atoms with Gasteiger partial charge in [-0.25, -0.2) is 8.42 Å². The number of thiophene rings is 1. The molecule has 0 aliphatic carbocycles. The number of nitrogens with two attached hydrogens (primary N) is 1. The lowest BCUT2D eigenvalue weighted by Gasteiger charge is -2.31. The Morgan fingerprint density at radius 2 is 1.82 bits per heavy atom. The number of benzene rings is 1. The zero-order chi connectivity index (χ0) is 20.1. The largest absolute Gasteiger partial charge is 0.369 e. The molecule has 10 heteroatoms. The maximum atomic E-state index is 12.4. The summed E-state index contributed by atoms with van der Waals surface area (Å²) in [5, 5.41) is 4.68. The Hall–Kier alpha value is -2.43. The third-order valence-corrected chi connectivity index (χ3v) is 7.24.